The molecule has 0 saturated carbocycles. The quantitative estimate of drug-likeness (QED) is 0.590. The number of nitrogens with zero attached hydrogens (tertiary/aromatic N) is 1. The van der Waals surface area contributed by atoms with Crippen LogP contribution in [0.2, 0.25) is 5.02 Å². The first-order chi connectivity index (χ1) is 9.11. The van der Waals surface area contributed by atoms with Gasteiger partial charge in [-0.05, 0) is 51.7 Å². The average Bonchev–Trinajstić information content (AvgIpc) is 2.41. The Morgan fingerprint density at radius 1 is 1.37 bits per heavy atom. The molecule has 0 amide bonds. The van der Waals surface area contributed by atoms with Gasteiger partial charge in [-0.25, -0.2) is 4.98 Å². The van der Waals surface area contributed by atoms with Crippen molar-refractivity contribution < 1.29 is 0 Å². The predicted octanol–water partition coefficient (Wildman–Crippen LogP) is 2.83. The number of aromatic nitrogens is 1. The lowest BCUT2D eigenvalue weighted by Gasteiger charge is -2.17. The number of nitrogen functional groups attached to an aromatic ring is 1. The lowest BCUT2D eigenvalue weighted by molar-refractivity contribution is 0.552. The summed E-state index contributed by atoms with van der Waals surface area (Å²) in [5.41, 5.74) is 10.6. The van der Waals surface area contributed by atoms with Crippen LogP contribution in [0.25, 0.3) is 0 Å². The molecule has 0 aliphatic carbocycles. The van der Waals surface area contributed by atoms with Crippen LogP contribution in [0.3, 0.4) is 0 Å². The van der Waals surface area contributed by atoms with Crippen molar-refractivity contribution in [2.45, 2.75) is 12.5 Å². The summed E-state index contributed by atoms with van der Waals surface area (Å²) in [4.78, 5) is 4.07. The molecule has 1 unspecified atom stereocenters. The van der Waals surface area contributed by atoms with Gasteiger partial charge in [0.25, 0.3) is 0 Å². The number of halogens is 2. The van der Waals surface area contributed by atoms with E-state index in [2.05, 4.69) is 26.3 Å². The fourth-order valence-corrected chi connectivity index (χ4v) is 2.36. The topological polar surface area (TPSA) is 77.0 Å². The molecular formula is C13H14BrClN4. The molecule has 2 rings (SSSR count). The number of pyridine rings is 1. The highest BCUT2D eigenvalue weighted by molar-refractivity contribution is 9.10. The fourth-order valence-electron chi connectivity index (χ4n) is 1.85. The van der Waals surface area contributed by atoms with Crippen LogP contribution in [-0.4, -0.2) is 4.98 Å². The number of anilines is 1. The number of hydrogen-bond acceptors (Lipinski definition) is 4. The van der Waals surface area contributed by atoms with E-state index < -0.39 is 0 Å². The number of hydrazine groups is 1. The van der Waals surface area contributed by atoms with Crippen molar-refractivity contribution in [3.8, 4) is 0 Å². The van der Waals surface area contributed by atoms with Crippen LogP contribution in [-0.2, 0) is 6.42 Å². The summed E-state index contributed by atoms with van der Waals surface area (Å²) >= 11 is 9.39. The zero-order valence-corrected chi connectivity index (χ0v) is 12.4. The first-order valence-electron chi connectivity index (χ1n) is 5.72. The van der Waals surface area contributed by atoms with Crippen molar-refractivity contribution in [3.05, 3.63) is 57.2 Å². The largest absolute Gasteiger partial charge is 0.383 e. The second-order valence-corrected chi connectivity index (χ2v) is 5.41. The van der Waals surface area contributed by atoms with E-state index in [1.807, 2.05) is 30.3 Å². The SMILES string of the molecule is NNC(Cc1cccnc1N)c1ccc(Cl)c(Br)c1. The van der Waals surface area contributed by atoms with Gasteiger partial charge < -0.3 is 5.73 Å². The van der Waals surface area contributed by atoms with Gasteiger partial charge in [0.05, 0.1) is 11.1 Å². The molecule has 5 N–H and O–H groups in total. The molecule has 0 saturated heterocycles. The lowest BCUT2D eigenvalue weighted by atomic mass is 10.00. The van der Waals surface area contributed by atoms with Crippen LogP contribution in [0.1, 0.15) is 17.2 Å². The number of nitrogens with two attached hydrogens (primary N) is 2. The van der Waals surface area contributed by atoms with E-state index in [9.17, 15) is 0 Å². The van der Waals surface area contributed by atoms with Crippen molar-refractivity contribution in [1.29, 1.82) is 0 Å². The molecule has 2 aromatic rings. The Balaban J connectivity index is 2.25. The molecule has 0 spiro atoms. The van der Waals surface area contributed by atoms with Gasteiger partial charge in [0, 0.05) is 10.7 Å². The Hall–Kier alpha value is -1.14. The van der Waals surface area contributed by atoms with Crippen molar-refractivity contribution in [2.24, 2.45) is 5.84 Å². The highest BCUT2D eigenvalue weighted by Gasteiger charge is 2.13. The average molecular weight is 342 g/mol. The lowest BCUT2D eigenvalue weighted by Crippen LogP contribution is -2.29. The summed E-state index contributed by atoms with van der Waals surface area (Å²) in [7, 11) is 0. The summed E-state index contributed by atoms with van der Waals surface area (Å²) < 4.78 is 0.839. The van der Waals surface area contributed by atoms with Gasteiger partial charge in [-0.3, -0.25) is 11.3 Å². The fraction of sp³-hybridized carbons (Fsp3) is 0.154. The molecule has 1 heterocycles. The van der Waals surface area contributed by atoms with E-state index in [0.29, 0.717) is 17.3 Å². The minimum atomic E-state index is -0.0555. The van der Waals surface area contributed by atoms with E-state index in [4.69, 9.17) is 23.2 Å². The highest BCUT2D eigenvalue weighted by atomic mass is 79.9. The van der Waals surface area contributed by atoms with Gasteiger partial charge >= 0.3 is 0 Å². The van der Waals surface area contributed by atoms with Gasteiger partial charge in [0.15, 0.2) is 0 Å². The predicted molar refractivity (Wildman–Crippen MR) is 81.6 cm³/mol. The maximum atomic E-state index is 5.99. The van der Waals surface area contributed by atoms with Crippen molar-refractivity contribution >= 4 is 33.3 Å². The monoisotopic (exact) mass is 340 g/mol. The molecule has 0 radical (unpaired) electrons. The summed E-state index contributed by atoms with van der Waals surface area (Å²) in [5.74, 6) is 6.16. The maximum Gasteiger partial charge on any atom is 0.126 e. The highest BCUT2D eigenvalue weighted by Crippen LogP contribution is 2.27. The van der Waals surface area contributed by atoms with Crippen LogP contribution in [0.15, 0.2) is 41.0 Å². The summed E-state index contributed by atoms with van der Waals surface area (Å²) in [6.07, 6.45) is 2.33. The van der Waals surface area contributed by atoms with E-state index >= 15 is 0 Å². The Labute approximate surface area is 125 Å². The van der Waals surface area contributed by atoms with Crippen molar-refractivity contribution in [2.75, 3.05) is 5.73 Å². The molecule has 6 heteroatoms. The van der Waals surface area contributed by atoms with Crippen LogP contribution in [0, 0.1) is 0 Å². The zero-order chi connectivity index (χ0) is 13.8. The molecule has 1 atom stereocenters. The third-order valence-corrected chi connectivity index (χ3v) is 4.11. The molecule has 0 bridgehead atoms. The third kappa shape index (κ3) is 3.45. The van der Waals surface area contributed by atoms with Crippen LogP contribution >= 0.6 is 27.5 Å². The Kier molecular flexibility index (Phi) is 4.76. The number of rotatable bonds is 4. The number of nitrogens with one attached hydrogen (secondary N) is 1. The Bertz CT molecular complexity index is 576. The van der Waals surface area contributed by atoms with Crippen LogP contribution < -0.4 is 17.0 Å². The molecule has 0 fully saturated rings. The first kappa shape index (κ1) is 14.3. The van der Waals surface area contributed by atoms with Crippen LogP contribution in [0.4, 0.5) is 5.82 Å². The van der Waals surface area contributed by atoms with E-state index in [0.717, 1.165) is 15.6 Å². The molecule has 19 heavy (non-hydrogen) atoms. The number of benzene rings is 1. The minimum Gasteiger partial charge on any atom is -0.383 e. The number of hydrogen-bond donors (Lipinski definition) is 3. The smallest absolute Gasteiger partial charge is 0.126 e. The van der Waals surface area contributed by atoms with Gasteiger partial charge in [-0.2, -0.15) is 0 Å². The molecule has 4 nitrogen and oxygen atoms in total. The summed E-state index contributed by atoms with van der Waals surface area (Å²) in [6.45, 7) is 0. The van der Waals surface area contributed by atoms with Gasteiger partial charge in [0.1, 0.15) is 5.82 Å². The maximum absolute atomic E-state index is 5.99. The second kappa shape index (κ2) is 6.34. The molecule has 0 aliphatic heterocycles. The van der Waals surface area contributed by atoms with Gasteiger partial charge in [0.2, 0.25) is 0 Å². The minimum absolute atomic E-state index is 0.0555. The van der Waals surface area contributed by atoms with Gasteiger partial charge in [-0.1, -0.05) is 23.7 Å². The van der Waals surface area contributed by atoms with Crippen LogP contribution in [0.5, 0.6) is 0 Å². The molecular weight excluding hydrogens is 328 g/mol. The standard InChI is InChI=1S/C13H14BrClN4/c14-10-6-8(3-4-11(10)15)12(19-17)7-9-2-1-5-18-13(9)16/h1-6,12,19H,7,17H2,(H2,16,18). The van der Waals surface area contributed by atoms with E-state index in [1.54, 1.807) is 6.20 Å². The molecule has 0 aliphatic rings. The molecule has 1 aromatic heterocycles. The van der Waals surface area contributed by atoms with Crippen molar-refractivity contribution in [1.82, 2.24) is 10.4 Å². The van der Waals surface area contributed by atoms with E-state index in [-0.39, 0.29) is 6.04 Å². The third-order valence-electron chi connectivity index (χ3n) is 2.90. The Morgan fingerprint density at radius 2 is 2.16 bits per heavy atom. The normalized spacial score (nSPS) is 12.4. The van der Waals surface area contributed by atoms with Gasteiger partial charge in [-0.15, -0.1) is 0 Å². The van der Waals surface area contributed by atoms with E-state index in [1.165, 1.54) is 0 Å². The summed E-state index contributed by atoms with van der Waals surface area (Å²) in [5, 5.41) is 0.667. The molecule has 100 valence electrons. The zero-order valence-electron chi connectivity index (χ0n) is 10.1. The second-order valence-electron chi connectivity index (χ2n) is 4.14. The molecule has 1 aromatic carbocycles. The van der Waals surface area contributed by atoms with Crippen molar-refractivity contribution in [3.63, 3.8) is 0 Å². The summed E-state index contributed by atoms with van der Waals surface area (Å²) in [6, 6.07) is 9.45. The first-order valence-corrected chi connectivity index (χ1v) is 6.89. The Morgan fingerprint density at radius 3 is 2.79 bits per heavy atom.